The molecule has 4 nitrogen and oxygen atoms in total. The fraction of sp³-hybridized carbons (Fsp3) is 0.200. The number of benzene rings is 1. The summed E-state index contributed by atoms with van der Waals surface area (Å²) in [5.41, 5.74) is 0.753. The topological polar surface area (TPSA) is 59.4 Å². The second-order valence-electron chi connectivity index (χ2n) is 4.76. The Balaban J connectivity index is 2.41. The molecule has 0 fully saturated rings. The fourth-order valence-electron chi connectivity index (χ4n) is 1.67. The summed E-state index contributed by atoms with van der Waals surface area (Å²) in [6.07, 6.45) is 0. The molecule has 1 heterocycles. The van der Waals surface area contributed by atoms with Crippen LogP contribution in [0.1, 0.15) is 35.8 Å². The lowest BCUT2D eigenvalue weighted by Crippen LogP contribution is -2.03. The third-order valence-electron chi connectivity index (χ3n) is 2.77. The monoisotopic (exact) mass is 325 g/mol. The molecule has 0 amide bonds. The number of ether oxygens (including phenoxy) is 1. The summed E-state index contributed by atoms with van der Waals surface area (Å²) in [6.45, 7) is 3.85. The van der Waals surface area contributed by atoms with Gasteiger partial charge in [0.05, 0.1) is 10.6 Å². The van der Waals surface area contributed by atoms with Crippen molar-refractivity contribution in [2.24, 2.45) is 0 Å². The van der Waals surface area contributed by atoms with Gasteiger partial charge >= 0.3 is 5.97 Å². The van der Waals surface area contributed by atoms with Crippen molar-refractivity contribution >= 4 is 29.2 Å². The highest BCUT2D eigenvalue weighted by Crippen LogP contribution is 2.31. The maximum atomic E-state index is 11.2. The molecule has 110 valence electrons. The Kier molecular flexibility index (Phi) is 4.70. The third-order valence-corrected chi connectivity index (χ3v) is 3.30. The number of carbonyl (C=O) groups is 1. The molecule has 0 spiro atoms. The first-order chi connectivity index (χ1) is 9.86. The van der Waals surface area contributed by atoms with Crippen LogP contribution in [0.3, 0.4) is 0 Å². The average Bonchev–Trinajstić information content (AvgIpc) is 2.41. The molecule has 21 heavy (non-hydrogen) atoms. The predicted octanol–water partition coefficient (Wildman–Crippen LogP) is 5.00. The molecule has 0 atom stereocenters. The SMILES string of the molecule is CC(C)c1cc(C(=O)O)cc(Oc2ccc(Cl)cc2Cl)n1. The molecule has 0 aliphatic heterocycles. The number of rotatable bonds is 4. The number of nitrogens with zero attached hydrogens (tertiary/aromatic N) is 1. The summed E-state index contributed by atoms with van der Waals surface area (Å²) in [7, 11) is 0. The van der Waals surface area contributed by atoms with Gasteiger partial charge in [-0.25, -0.2) is 9.78 Å². The molecule has 0 saturated carbocycles. The maximum absolute atomic E-state index is 11.2. The van der Waals surface area contributed by atoms with Crippen LogP contribution in [0.2, 0.25) is 10.0 Å². The summed E-state index contributed by atoms with van der Waals surface area (Å²) in [4.78, 5) is 15.5. The van der Waals surface area contributed by atoms with Gasteiger partial charge in [0.1, 0.15) is 5.75 Å². The van der Waals surface area contributed by atoms with Crippen LogP contribution in [0.15, 0.2) is 30.3 Å². The summed E-state index contributed by atoms with van der Waals surface area (Å²) < 4.78 is 5.58. The van der Waals surface area contributed by atoms with Crippen molar-refractivity contribution in [2.75, 3.05) is 0 Å². The highest BCUT2D eigenvalue weighted by molar-refractivity contribution is 6.35. The van der Waals surface area contributed by atoms with Gasteiger partial charge in [-0.3, -0.25) is 0 Å². The maximum Gasteiger partial charge on any atom is 0.335 e. The molecule has 0 aliphatic carbocycles. The summed E-state index contributed by atoms with van der Waals surface area (Å²) >= 11 is 11.9. The van der Waals surface area contributed by atoms with Crippen molar-refractivity contribution in [2.45, 2.75) is 19.8 Å². The predicted molar refractivity (Wildman–Crippen MR) is 81.8 cm³/mol. The van der Waals surface area contributed by atoms with Gasteiger partial charge in [0.25, 0.3) is 0 Å². The molecule has 1 N–H and O–H groups in total. The molecule has 1 aromatic heterocycles. The van der Waals surface area contributed by atoms with Crippen LogP contribution in [-0.2, 0) is 0 Å². The molecular formula is C15H13Cl2NO3. The van der Waals surface area contributed by atoms with Crippen molar-refractivity contribution in [1.82, 2.24) is 4.98 Å². The van der Waals surface area contributed by atoms with Crippen molar-refractivity contribution in [3.8, 4) is 11.6 Å². The summed E-state index contributed by atoms with van der Waals surface area (Å²) in [6, 6.07) is 7.67. The lowest BCUT2D eigenvalue weighted by Gasteiger charge is -2.11. The lowest BCUT2D eigenvalue weighted by molar-refractivity contribution is 0.0696. The zero-order chi connectivity index (χ0) is 15.6. The standard InChI is InChI=1S/C15H13Cl2NO3/c1-8(2)12-5-9(15(19)20)6-14(18-12)21-13-4-3-10(16)7-11(13)17/h3-8H,1-2H3,(H,19,20). The zero-order valence-corrected chi connectivity index (χ0v) is 12.9. The van der Waals surface area contributed by atoms with E-state index in [2.05, 4.69) is 4.98 Å². The van der Waals surface area contributed by atoms with Crippen LogP contribution in [0.25, 0.3) is 0 Å². The Morgan fingerprint density at radius 1 is 1.24 bits per heavy atom. The fourth-order valence-corrected chi connectivity index (χ4v) is 2.12. The smallest absolute Gasteiger partial charge is 0.335 e. The first-order valence-electron chi connectivity index (χ1n) is 6.25. The number of aromatic nitrogens is 1. The van der Waals surface area contributed by atoms with E-state index in [0.29, 0.717) is 21.5 Å². The van der Waals surface area contributed by atoms with Gasteiger partial charge in [-0.1, -0.05) is 37.0 Å². The Labute approximate surface area is 132 Å². The molecule has 2 rings (SSSR count). The summed E-state index contributed by atoms with van der Waals surface area (Å²) in [5, 5.41) is 9.96. The Hall–Kier alpha value is -1.78. The number of halogens is 2. The van der Waals surface area contributed by atoms with Gasteiger partial charge in [0.2, 0.25) is 5.88 Å². The lowest BCUT2D eigenvalue weighted by atomic mass is 10.1. The van der Waals surface area contributed by atoms with E-state index in [-0.39, 0.29) is 17.4 Å². The Morgan fingerprint density at radius 3 is 2.52 bits per heavy atom. The second-order valence-corrected chi connectivity index (χ2v) is 5.60. The average molecular weight is 326 g/mol. The highest BCUT2D eigenvalue weighted by atomic mass is 35.5. The van der Waals surface area contributed by atoms with Gasteiger partial charge < -0.3 is 9.84 Å². The number of carboxylic acid groups (broad SMARTS) is 1. The third kappa shape index (κ3) is 3.86. The van der Waals surface area contributed by atoms with E-state index in [1.807, 2.05) is 13.8 Å². The molecule has 1 aromatic carbocycles. The quantitative estimate of drug-likeness (QED) is 0.859. The van der Waals surface area contributed by atoms with Gasteiger partial charge in [-0.05, 0) is 30.2 Å². The van der Waals surface area contributed by atoms with Crippen LogP contribution < -0.4 is 4.74 Å². The van der Waals surface area contributed by atoms with Crippen LogP contribution >= 0.6 is 23.2 Å². The van der Waals surface area contributed by atoms with Crippen molar-refractivity contribution in [3.63, 3.8) is 0 Å². The minimum Gasteiger partial charge on any atom is -0.478 e. The van der Waals surface area contributed by atoms with Crippen LogP contribution in [-0.4, -0.2) is 16.1 Å². The van der Waals surface area contributed by atoms with Crippen molar-refractivity contribution in [3.05, 3.63) is 51.6 Å². The zero-order valence-electron chi connectivity index (χ0n) is 11.4. The molecule has 6 heteroatoms. The van der Waals surface area contributed by atoms with Gasteiger partial charge in [0, 0.05) is 16.8 Å². The number of pyridine rings is 1. The Morgan fingerprint density at radius 2 is 1.95 bits per heavy atom. The number of hydrogen-bond acceptors (Lipinski definition) is 3. The Bertz CT molecular complexity index is 687. The molecule has 2 aromatic rings. The highest BCUT2D eigenvalue weighted by Gasteiger charge is 2.13. The van der Waals surface area contributed by atoms with E-state index in [9.17, 15) is 4.79 Å². The van der Waals surface area contributed by atoms with Crippen molar-refractivity contribution in [1.29, 1.82) is 0 Å². The summed E-state index contributed by atoms with van der Waals surface area (Å²) in [5.74, 6) is -0.410. The van der Waals surface area contributed by atoms with E-state index in [0.717, 1.165) is 0 Å². The molecule has 0 unspecified atom stereocenters. The van der Waals surface area contributed by atoms with E-state index >= 15 is 0 Å². The number of aromatic carboxylic acids is 1. The van der Waals surface area contributed by atoms with E-state index in [1.165, 1.54) is 12.1 Å². The normalized spacial score (nSPS) is 10.7. The van der Waals surface area contributed by atoms with Crippen LogP contribution in [0, 0.1) is 0 Å². The second kappa shape index (κ2) is 6.33. The van der Waals surface area contributed by atoms with E-state index in [1.54, 1.807) is 18.2 Å². The van der Waals surface area contributed by atoms with Gasteiger partial charge in [-0.15, -0.1) is 0 Å². The minimum absolute atomic E-state index is 0.0762. The van der Waals surface area contributed by atoms with Crippen LogP contribution in [0.4, 0.5) is 0 Å². The number of hydrogen-bond donors (Lipinski definition) is 1. The first-order valence-corrected chi connectivity index (χ1v) is 7.00. The molecule has 0 bridgehead atoms. The molecule has 0 aliphatic rings. The largest absolute Gasteiger partial charge is 0.478 e. The number of carboxylic acids is 1. The first kappa shape index (κ1) is 15.6. The minimum atomic E-state index is -1.04. The van der Waals surface area contributed by atoms with Crippen molar-refractivity contribution < 1.29 is 14.6 Å². The molecular weight excluding hydrogens is 313 g/mol. The van der Waals surface area contributed by atoms with Gasteiger partial charge in [0.15, 0.2) is 0 Å². The molecule has 0 saturated heterocycles. The van der Waals surface area contributed by atoms with Gasteiger partial charge in [-0.2, -0.15) is 0 Å². The molecule has 0 radical (unpaired) electrons. The van der Waals surface area contributed by atoms with E-state index < -0.39 is 5.97 Å². The van der Waals surface area contributed by atoms with Crippen LogP contribution in [0.5, 0.6) is 11.6 Å². The van der Waals surface area contributed by atoms with E-state index in [4.69, 9.17) is 33.0 Å².